The second-order valence-electron chi connectivity index (χ2n) is 11.8. The van der Waals surface area contributed by atoms with Crippen molar-refractivity contribution in [1.29, 1.82) is 0 Å². The van der Waals surface area contributed by atoms with Crippen molar-refractivity contribution >= 4 is 40.7 Å². The van der Waals surface area contributed by atoms with Crippen LogP contribution in [0.1, 0.15) is 50.0 Å². The Hall–Kier alpha value is -4.78. The number of hydrogen-bond donors (Lipinski definition) is 4. The van der Waals surface area contributed by atoms with E-state index in [0.29, 0.717) is 59.6 Å². The highest BCUT2D eigenvalue weighted by molar-refractivity contribution is 6.36. The lowest BCUT2D eigenvalue weighted by molar-refractivity contribution is -0.120. The number of benzene rings is 2. The third-order valence-corrected chi connectivity index (χ3v) is 9.16. The van der Waals surface area contributed by atoms with E-state index in [1.54, 1.807) is 24.4 Å². The molecule has 0 spiro atoms. The Bertz CT molecular complexity index is 1870. The molecular weight excluding hydrogens is 620 g/mol. The van der Waals surface area contributed by atoms with Crippen molar-refractivity contribution in [3.05, 3.63) is 87.7 Å². The maximum Gasteiger partial charge on any atom is 0.291 e. The molecule has 2 aromatic carbocycles. The Morgan fingerprint density at radius 2 is 1.83 bits per heavy atom. The summed E-state index contributed by atoms with van der Waals surface area (Å²) in [6.07, 6.45) is 3.12. The van der Waals surface area contributed by atoms with Gasteiger partial charge < -0.3 is 35.5 Å². The zero-order valence-corrected chi connectivity index (χ0v) is 27.5. The third-order valence-electron chi connectivity index (χ3n) is 8.75. The minimum absolute atomic E-state index is 0.0286. The number of likely N-dealkylation sites (N-methyl/N-ethyl adjacent to an activating group) is 1. The minimum Gasteiger partial charge on any atom is -0.496 e. The lowest BCUT2D eigenvalue weighted by Crippen LogP contribution is -2.35. The zero-order valence-electron chi connectivity index (χ0n) is 26.7. The molecule has 3 amide bonds. The van der Waals surface area contributed by atoms with E-state index in [4.69, 9.17) is 16.3 Å². The number of hydrogen-bond acceptors (Lipinski definition) is 8. The van der Waals surface area contributed by atoms with E-state index >= 15 is 0 Å². The predicted molar refractivity (Wildman–Crippen MR) is 180 cm³/mol. The van der Waals surface area contributed by atoms with Gasteiger partial charge in [0.25, 0.3) is 11.8 Å². The molecule has 1 atom stereocenters. The van der Waals surface area contributed by atoms with Gasteiger partial charge in [-0.2, -0.15) is 0 Å². The standard InChI is InChI=1S/C34H37ClN8O4/c1-19-21(22-8-6-10-24(30(22)35)41-34(46)31-39-27-18-42(2)14-12-28(27)43(31)3)7-5-9-23(19)40-33(45)26-15-29(47-4)20(17-38-26)16-37-25-11-13-36-32(25)44/h5-10,15,17,25,37H,11-14,16,18H2,1-4H3,(H,36,44)(H,40,45)(H,41,46)/t25-/m1/s1. The summed E-state index contributed by atoms with van der Waals surface area (Å²) < 4.78 is 7.39. The van der Waals surface area contributed by atoms with Crippen LogP contribution in [0.2, 0.25) is 5.02 Å². The first-order chi connectivity index (χ1) is 22.6. The molecule has 0 bridgehead atoms. The van der Waals surface area contributed by atoms with Crippen LogP contribution in [0.4, 0.5) is 11.4 Å². The number of rotatable bonds is 9. The van der Waals surface area contributed by atoms with E-state index in [2.05, 4.69) is 36.1 Å². The zero-order chi connectivity index (χ0) is 33.2. The van der Waals surface area contributed by atoms with Gasteiger partial charge in [0.15, 0.2) is 5.82 Å². The highest BCUT2D eigenvalue weighted by Gasteiger charge is 2.26. The van der Waals surface area contributed by atoms with Crippen molar-refractivity contribution in [3.63, 3.8) is 0 Å². The average Bonchev–Trinajstić information content (AvgIpc) is 3.63. The van der Waals surface area contributed by atoms with Crippen molar-refractivity contribution < 1.29 is 19.1 Å². The van der Waals surface area contributed by atoms with Gasteiger partial charge in [0.2, 0.25) is 5.91 Å². The van der Waals surface area contributed by atoms with Gasteiger partial charge >= 0.3 is 0 Å². The van der Waals surface area contributed by atoms with Gasteiger partial charge in [-0.25, -0.2) is 4.98 Å². The van der Waals surface area contributed by atoms with Crippen LogP contribution >= 0.6 is 11.6 Å². The van der Waals surface area contributed by atoms with Crippen LogP contribution in [0.3, 0.4) is 0 Å². The normalized spacial score (nSPS) is 16.0. The number of ether oxygens (including phenoxy) is 1. The SMILES string of the molecule is COc1cc(C(=O)Nc2cccc(-c3cccc(NC(=O)c4nc5c(n4C)CCN(C)C5)c3Cl)c2C)ncc1CN[C@@H]1CCNC1=O. The molecule has 13 heteroatoms. The van der Waals surface area contributed by atoms with Crippen molar-refractivity contribution in [3.8, 4) is 16.9 Å². The van der Waals surface area contributed by atoms with Crippen LogP contribution < -0.4 is 26.0 Å². The molecule has 0 aliphatic carbocycles. The Labute approximate surface area is 277 Å². The van der Waals surface area contributed by atoms with Crippen LogP contribution in [0, 0.1) is 6.92 Å². The van der Waals surface area contributed by atoms with Crippen LogP contribution in [-0.2, 0) is 31.4 Å². The molecule has 4 heterocycles. The van der Waals surface area contributed by atoms with Gasteiger partial charge in [-0.15, -0.1) is 0 Å². The summed E-state index contributed by atoms with van der Waals surface area (Å²) >= 11 is 6.90. The highest BCUT2D eigenvalue weighted by atomic mass is 35.5. The number of anilines is 2. The molecule has 1 saturated heterocycles. The summed E-state index contributed by atoms with van der Waals surface area (Å²) in [5.41, 5.74) is 6.22. The summed E-state index contributed by atoms with van der Waals surface area (Å²) in [5, 5.41) is 12.3. The summed E-state index contributed by atoms with van der Waals surface area (Å²) in [4.78, 5) is 49.7. The molecule has 0 saturated carbocycles. The highest BCUT2D eigenvalue weighted by Crippen LogP contribution is 2.37. The fourth-order valence-corrected chi connectivity index (χ4v) is 6.34. The number of amides is 3. The topological polar surface area (TPSA) is 143 Å². The number of methoxy groups -OCH3 is 1. The van der Waals surface area contributed by atoms with E-state index in [0.717, 1.165) is 41.0 Å². The number of carbonyl (C=O) groups excluding carboxylic acids is 3. The summed E-state index contributed by atoms with van der Waals surface area (Å²) in [7, 11) is 5.43. The smallest absolute Gasteiger partial charge is 0.291 e. The van der Waals surface area contributed by atoms with Crippen LogP contribution in [0.15, 0.2) is 48.7 Å². The number of imidazole rings is 1. The largest absolute Gasteiger partial charge is 0.496 e. The first kappa shape index (κ1) is 32.2. The fourth-order valence-electron chi connectivity index (χ4n) is 6.06. The molecule has 6 rings (SSSR count). The maximum atomic E-state index is 13.3. The second kappa shape index (κ2) is 13.5. The number of nitrogens with zero attached hydrogens (tertiary/aromatic N) is 4. The van der Waals surface area contributed by atoms with Gasteiger partial charge in [0.05, 0.1) is 29.6 Å². The monoisotopic (exact) mass is 656 g/mol. The molecular formula is C34H37ClN8O4. The number of fused-ring (bicyclic) bond motifs is 1. The summed E-state index contributed by atoms with van der Waals surface area (Å²) in [6, 6.07) is 12.3. The van der Waals surface area contributed by atoms with Gasteiger partial charge in [-0.3, -0.25) is 19.4 Å². The van der Waals surface area contributed by atoms with E-state index in [1.165, 1.54) is 7.11 Å². The molecule has 2 aromatic heterocycles. The first-order valence-corrected chi connectivity index (χ1v) is 15.8. The van der Waals surface area contributed by atoms with Crippen molar-refractivity contribution in [1.82, 2.24) is 30.1 Å². The van der Waals surface area contributed by atoms with Crippen LogP contribution in [0.5, 0.6) is 5.75 Å². The van der Waals surface area contributed by atoms with E-state index < -0.39 is 5.91 Å². The molecule has 244 valence electrons. The molecule has 12 nitrogen and oxygen atoms in total. The first-order valence-electron chi connectivity index (χ1n) is 15.4. The second-order valence-corrected chi connectivity index (χ2v) is 12.2. The molecule has 1 fully saturated rings. The van der Waals surface area contributed by atoms with Gasteiger partial charge in [-0.1, -0.05) is 35.9 Å². The van der Waals surface area contributed by atoms with Crippen LogP contribution in [0.25, 0.3) is 11.1 Å². The molecule has 2 aliphatic rings. The quantitative estimate of drug-likeness (QED) is 0.212. The lowest BCUT2D eigenvalue weighted by atomic mass is 9.98. The maximum absolute atomic E-state index is 13.3. The van der Waals surface area contributed by atoms with E-state index in [1.807, 2.05) is 49.9 Å². The van der Waals surface area contributed by atoms with Crippen molar-refractivity contribution in [2.24, 2.45) is 7.05 Å². The molecule has 47 heavy (non-hydrogen) atoms. The third kappa shape index (κ3) is 6.57. The number of aromatic nitrogens is 3. The average molecular weight is 657 g/mol. The minimum atomic E-state index is -0.408. The summed E-state index contributed by atoms with van der Waals surface area (Å²) in [5.74, 6) is 0.0529. The number of nitrogens with one attached hydrogen (secondary N) is 4. The van der Waals surface area contributed by atoms with Crippen molar-refractivity contribution in [2.75, 3.05) is 37.9 Å². The lowest BCUT2D eigenvalue weighted by Gasteiger charge is -2.21. The Balaban J connectivity index is 1.18. The number of halogens is 1. The summed E-state index contributed by atoms with van der Waals surface area (Å²) in [6.45, 7) is 4.53. The number of carbonyl (C=O) groups is 3. The van der Waals surface area contributed by atoms with Gasteiger partial charge in [0, 0.05) is 74.4 Å². The van der Waals surface area contributed by atoms with E-state index in [-0.39, 0.29) is 23.6 Å². The number of pyridine rings is 1. The van der Waals surface area contributed by atoms with Crippen LogP contribution in [-0.4, -0.2) is 70.4 Å². The fraction of sp³-hybridized carbons (Fsp3) is 0.324. The molecule has 0 radical (unpaired) electrons. The van der Waals surface area contributed by atoms with Gasteiger partial charge in [-0.05, 0) is 43.7 Å². The Morgan fingerprint density at radius 1 is 1.09 bits per heavy atom. The van der Waals surface area contributed by atoms with E-state index in [9.17, 15) is 14.4 Å². The molecule has 4 N–H and O–H groups in total. The predicted octanol–water partition coefficient (Wildman–Crippen LogP) is 3.92. The molecule has 4 aromatic rings. The van der Waals surface area contributed by atoms with Gasteiger partial charge in [0.1, 0.15) is 11.4 Å². The Kier molecular flexibility index (Phi) is 9.26. The Morgan fingerprint density at radius 3 is 2.57 bits per heavy atom. The van der Waals surface area contributed by atoms with Crippen molar-refractivity contribution in [2.45, 2.75) is 38.9 Å². The molecule has 2 aliphatic heterocycles. The molecule has 0 unspecified atom stereocenters.